The predicted octanol–water partition coefficient (Wildman–Crippen LogP) is 3.79. The summed E-state index contributed by atoms with van der Waals surface area (Å²) < 4.78 is 5.77. The first-order valence-electron chi connectivity index (χ1n) is 8.22. The first-order chi connectivity index (χ1) is 10.5. The van der Waals surface area contributed by atoms with Gasteiger partial charge in [-0.3, -0.25) is 4.79 Å². The van der Waals surface area contributed by atoms with Gasteiger partial charge in [0.25, 0.3) is 0 Å². The Hall–Kier alpha value is -1.06. The zero-order valence-corrected chi connectivity index (χ0v) is 14.1. The Bertz CT molecular complexity index is 527. The van der Waals surface area contributed by atoms with E-state index in [2.05, 4.69) is 0 Å². The standard InChI is InChI=1S/C18H24ClNO2/c1-13-11-20(12-14(2)22-13)17(21)18(9-3-4-10-18)15-5-7-16(19)8-6-15/h5-8,13-14H,3-4,9-12H2,1-2H3. The van der Waals surface area contributed by atoms with E-state index in [9.17, 15) is 4.79 Å². The zero-order valence-electron chi connectivity index (χ0n) is 13.3. The van der Waals surface area contributed by atoms with E-state index in [4.69, 9.17) is 16.3 Å². The van der Waals surface area contributed by atoms with Crippen molar-refractivity contribution < 1.29 is 9.53 Å². The van der Waals surface area contributed by atoms with E-state index in [-0.39, 0.29) is 23.5 Å². The molecule has 0 aromatic heterocycles. The lowest BCUT2D eigenvalue weighted by atomic mass is 9.77. The molecule has 22 heavy (non-hydrogen) atoms. The Kier molecular flexibility index (Phi) is 4.47. The molecule has 1 saturated carbocycles. The van der Waals surface area contributed by atoms with Crippen LogP contribution in [0, 0.1) is 0 Å². The summed E-state index contributed by atoms with van der Waals surface area (Å²) in [5.41, 5.74) is 0.757. The SMILES string of the molecule is CC1CN(C(=O)C2(c3ccc(Cl)cc3)CCCC2)CC(C)O1. The first kappa shape index (κ1) is 15.8. The van der Waals surface area contributed by atoms with Crippen LogP contribution in [0.3, 0.4) is 0 Å². The molecule has 1 aromatic carbocycles. The fourth-order valence-corrected chi connectivity index (χ4v) is 4.15. The molecule has 0 radical (unpaired) electrons. The molecule has 1 heterocycles. The van der Waals surface area contributed by atoms with Crippen molar-refractivity contribution in [2.45, 2.75) is 57.2 Å². The van der Waals surface area contributed by atoms with Crippen LogP contribution < -0.4 is 0 Å². The molecule has 1 aliphatic carbocycles. The van der Waals surface area contributed by atoms with Crippen molar-refractivity contribution in [3.63, 3.8) is 0 Å². The molecule has 0 N–H and O–H groups in total. The van der Waals surface area contributed by atoms with Crippen LogP contribution in [0.15, 0.2) is 24.3 Å². The van der Waals surface area contributed by atoms with E-state index >= 15 is 0 Å². The van der Waals surface area contributed by atoms with Crippen LogP contribution in [0.5, 0.6) is 0 Å². The lowest BCUT2D eigenvalue weighted by molar-refractivity contribution is -0.149. The van der Waals surface area contributed by atoms with Gasteiger partial charge >= 0.3 is 0 Å². The Morgan fingerprint density at radius 2 is 1.68 bits per heavy atom. The Morgan fingerprint density at radius 1 is 1.14 bits per heavy atom. The monoisotopic (exact) mass is 321 g/mol. The lowest BCUT2D eigenvalue weighted by Crippen LogP contribution is -2.54. The summed E-state index contributed by atoms with van der Waals surface area (Å²) in [5, 5.41) is 0.720. The minimum atomic E-state index is -0.360. The van der Waals surface area contributed by atoms with Crippen LogP contribution in [0.1, 0.15) is 45.1 Å². The van der Waals surface area contributed by atoms with Gasteiger partial charge in [-0.25, -0.2) is 0 Å². The second kappa shape index (κ2) is 6.21. The maximum Gasteiger partial charge on any atom is 0.233 e. The average molecular weight is 322 g/mol. The quantitative estimate of drug-likeness (QED) is 0.829. The minimum Gasteiger partial charge on any atom is -0.372 e. The van der Waals surface area contributed by atoms with Crippen molar-refractivity contribution in [3.8, 4) is 0 Å². The van der Waals surface area contributed by atoms with E-state index in [1.165, 1.54) is 0 Å². The van der Waals surface area contributed by atoms with Crippen molar-refractivity contribution in [2.24, 2.45) is 0 Å². The highest BCUT2D eigenvalue weighted by molar-refractivity contribution is 6.30. The summed E-state index contributed by atoms with van der Waals surface area (Å²) in [7, 11) is 0. The number of amides is 1. The highest BCUT2D eigenvalue weighted by Gasteiger charge is 2.46. The van der Waals surface area contributed by atoms with Crippen LogP contribution in [-0.4, -0.2) is 36.1 Å². The van der Waals surface area contributed by atoms with Gasteiger partial charge in [0.15, 0.2) is 0 Å². The van der Waals surface area contributed by atoms with E-state index < -0.39 is 0 Å². The third-order valence-electron chi connectivity index (χ3n) is 4.97. The van der Waals surface area contributed by atoms with Crippen molar-refractivity contribution in [1.29, 1.82) is 0 Å². The molecule has 2 aliphatic rings. The van der Waals surface area contributed by atoms with Crippen molar-refractivity contribution in [1.82, 2.24) is 4.90 Å². The zero-order chi connectivity index (χ0) is 15.7. The maximum atomic E-state index is 13.3. The Labute approximate surface area is 137 Å². The highest BCUT2D eigenvalue weighted by atomic mass is 35.5. The molecular weight excluding hydrogens is 298 g/mol. The van der Waals surface area contributed by atoms with Gasteiger partial charge in [0, 0.05) is 18.1 Å². The number of hydrogen-bond acceptors (Lipinski definition) is 2. The molecule has 2 atom stereocenters. The van der Waals surface area contributed by atoms with E-state index in [1.807, 2.05) is 43.0 Å². The molecule has 0 spiro atoms. The number of carbonyl (C=O) groups is 1. The molecule has 1 saturated heterocycles. The molecule has 120 valence electrons. The van der Waals surface area contributed by atoms with E-state index in [1.54, 1.807) is 0 Å². The molecular formula is C18H24ClNO2. The van der Waals surface area contributed by atoms with Gasteiger partial charge in [-0.05, 0) is 44.4 Å². The van der Waals surface area contributed by atoms with Gasteiger partial charge in [-0.15, -0.1) is 0 Å². The molecule has 1 aliphatic heterocycles. The van der Waals surface area contributed by atoms with Crippen molar-refractivity contribution >= 4 is 17.5 Å². The molecule has 3 rings (SSSR count). The summed E-state index contributed by atoms with van der Waals surface area (Å²) in [6.07, 6.45) is 4.32. The first-order valence-corrected chi connectivity index (χ1v) is 8.60. The molecule has 1 amide bonds. The average Bonchev–Trinajstić information content (AvgIpc) is 2.97. The van der Waals surface area contributed by atoms with Crippen LogP contribution in [0.25, 0.3) is 0 Å². The van der Waals surface area contributed by atoms with Gasteiger partial charge in [0.2, 0.25) is 5.91 Å². The summed E-state index contributed by atoms with van der Waals surface area (Å²) >= 11 is 6.02. The number of ether oxygens (including phenoxy) is 1. The number of hydrogen-bond donors (Lipinski definition) is 0. The smallest absolute Gasteiger partial charge is 0.233 e. The van der Waals surface area contributed by atoms with Gasteiger partial charge in [-0.1, -0.05) is 36.6 Å². The Balaban J connectivity index is 1.90. The van der Waals surface area contributed by atoms with Gasteiger partial charge in [-0.2, -0.15) is 0 Å². The van der Waals surface area contributed by atoms with Crippen LogP contribution in [0.2, 0.25) is 5.02 Å². The number of morpholine rings is 1. The number of benzene rings is 1. The highest BCUT2D eigenvalue weighted by Crippen LogP contribution is 2.43. The minimum absolute atomic E-state index is 0.108. The molecule has 3 nitrogen and oxygen atoms in total. The fraction of sp³-hybridized carbons (Fsp3) is 0.611. The van der Waals surface area contributed by atoms with Gasteiger partial charge in [0.1, 0.15) is 0 Å². The van der Waals surface area contributed by atoms with Crippen LogP contribution in [0.4, 0.5) is 0 Å². The van der Waals surface area contributed by atoms with Crippen molar-refractivity contribution in [2.75, 3.05) is 13.1 Å². The van der Waals surface area contributed by atoms with Crippen LogP contribution >= 0.6 is 11.6 Å². The van der Waals surface area contributed by atoms with Gasteiger partial charge in [0.05, 0.1) is 17.6 Å². The summed E-state index contributed by atoms with van der Waals surface area (Å²) in [6.45, 7) is 5.47. The molecule has 0 bridgehead atoms. The normalized spacial score (nSPS) is 27.9. The second-order valence-corrected chi connectivity index (χ2v) is 7.20. The summed E-state index contributed by atoms with van der Waals surface area (Å²) in [5.74, 6) is 0.273. The largest absolute Gasteiger partial charge is 0.372 e. The number of rotatable bonds is 2. The fourth-order valence-electron chi connectivity index (χ4n) is 4.02. The number of carbonyl (C=O) groups excluding carboxylic acids is 1. The van der Waals surface area contributed by atoms with Crippen LogP contribution in [-0.2, 0) is 14.9 Å². The van der Waals surface area contributed by atoms with Gasteiger partial charge < -0.3 is 9.64 Å². The van der Waals surface area contributed by atoms with Crippen molar-refractivity contribution in [3.05, 3.63) is 34.9 Å². The Morgan fingerprint density at radius 3 is 2.23 bits per heavy atom. The predicted molar refractivity (Wildman–Crippen MR) is 88.2 cm³/mol. The van der Waals surface area contributed by atoms with E-state index in [0.29, 0.717) is 13.1 Å². The molecule has 1 aromatic rings. The summed E-state index contributed by atoms with van der Waals surface area (Å²) in [4.78, 5) is 15.3. The summed E-state index contributed by atoms with van der Waals surface area (Å²) in [6, 6.07) is 7.85. The van der Waals surface area contributed by atoms with E-state index in [0.717, 1.165) is 36.3 Å². The molecule has 4 heteroatoms. The molecule has 2 unspecified atom stereocenters. The third kappa shape index (κ3) is 2.89. The topological polar surface area (TPSA) is 29.5 Å². The maximum absolute atomic E-state index is 13.3. The molecule has 2 fully saturated rings. The lowest BCUT2D eigenvalue weighted by Gasteiger charge is -2.40. The number of halogens is 1. The third-order valence-corrected chi connectivity index (χ3v) is 5.22. The number of nitrogens with zero attached hydrogens (tertiary/aromatic N) is 1. The second-order valence-electron chi connectivity index (χ2n) is 6.76.